The molecule has 0 spiro atoms. The second-order valence-corrected chi connectivity index (χ2v) is 6.49. The van der Waals surface area contributed by atoms with Crippen LogP contribution in [0.2, 0.25) is 5.02 Å². The lowest BCUT2D eigenvalue weighted by atomic mass is 10.1. The van der Waals surface area contributed by atoms with Gasteiger partial charge in [0.05, 0.1) is 21.2 Å². The van der Waals surface area contributed by atoms with Crippen LogP contribution < -0.4 is 5.32 Å². The van der Waals surface area contributed by atoms with E-state index in [9.17, 15) is 0 Å². The van der Waals surface area contributed by atoms with Crippen molar-refractivity contribution in [1.29, 1.82) is 0 Å². The summed E-state index contributed by atoms with van der Waals surface area (Å²) in [5.41, 5.74) is 0.966. The van der Waals surface area contributed by atoms with Crippen molar-refractivity contribution < 1.29 is 0 Å². The van der Waals surface area contributed by atoms with Gasteiger partial charge in [-0.25, -0.2) is 0 Å². The van der Waals surface area contributed by atoms with Crippen LogP contribution in [0.3, 0.4) is 0 Å². The first kappa shape index (κ1) is 13.2. The van der Waals surface area contributed by atoms with E-state index < -0.39 is 0 Å². The Labute approximate surface area is 119 Å². The van der Waals surface area contributed by atoms with Gasteiger partial charge in [-0.05, 0) is 34.0 Å². The van der Waals surface area contributed by atoms with Crippen molar-refractivity contribution in [3.05, 3.63) is 27.7 Å². The molecule has 92 valence electrons. The third kappa shape index (κ3) is 3.18. The van der Waals surface area contributed by atoms with Crippen LogP contribution in [-0.2, 0) is 0 Å². The molecule has 1 atom stereocenters. The first-order valence-electron chi connectivity index (χ1n) is 5.49. The third-order valence-corrected chi connectivity index (χ3v) is 5.02. The Hall–Kier alpha value is -0.190. The number of thioether (sulfide) groups is 1. The largest absolute Gasteiger partial charge is 0.334 e. The van der Waals surface area contributed by atoms with Gasteiger partial charge >= 0.3 is 0 Å². The highest BCUT2D eigenvalue weighted by atomic mass is 79.9. The summed E-state index contributed by atoms with van der Waals surface area (Å²) < 4.78 is 0.887. The number of rotatable bonds is 2. The van der Waals surface area contributed by atoms with Crippen molar-refractivity contribution in [3.63, 3.8) is 0 Å². The SMILES string of the molecule is CC(C)C1CSC(Nc2cccc(Cl)c2Br)=N1. The number of aliphatic imine (C=N–C) groups is 1. The van der Waals surface area contributed by atoms with E-state index in [4.69, 9.17) is 11.6 Å². The first-order valence-corrected chi connectivity index (χ1v) is 7.65. The number of amidine groups is 1. The Morgan fingerprint density at radius 2 is 2.29 bits per heavy atom. The standard InChI is InChI=1S/C12H14BrClN2S/c1-7(2)10-6-17-12(16-10)15-9-5-3-4-8(14)11(9)13/h3-5,7,10H,6H2,1-2H3,(H,15,16). The van der Waals surface area contributed by atoms with Crippen LogP contribution in [0.4, 0.5) is 5.69 Å². The molecule has 0 aliphatic carbocycles. The molecule has 17 heavy (non-hydrogen) atoms. The first-order chi connectivity index (χ1) is 8.08. The van der Waals surface area contributed by atoms with Gasteiger partial charge in [0.1, 0.15) is 0 Å². The van der Waals surface area contributed by atoms with E-state index in [-0.39, 0.29) is 0 Å². The number of halogens is 2. The predicted molar refractivity (Wildman–Crippen MR) is 81.3 cm³/mol. The average Bonchev–Trinajstić information content (AvgIpc) is 2.73. The van der Waals surface area contributed by atoms with Crippen LogP contribution in [-0.4, -0.2) is 17.0 Å². The average molecular weight is 334 g/mol. The molecule has 0 amide bonds. The monoisotopic (exact) mass is 332 g/mol. The van der Waals surface area contributed by atoms with E-state index >= 15 is 0 Å². The third-order valence-electron chi connectivity index (χ3n) is 2.64. The second-order valence-electron chi connectivity index (χ2n) is 4.28. The molecule has 0 bridgehead atoms. The Morgan fingerprint density at radius 1 is 1.53 bits per heavy atom. The molecule has 0 radical (unpaired) electrons. The topological polar surface area (TPSA) is 24.4 Å². The van der Waals surface area contributed by atoms with Gasteiger partial charge < -0.3 is 5.32 Å². The van der Waals surface area contributed by atoms with Crippen LogP contribution in [0.15, 0.2) is 27.7 Å². The van der Waals surface area contributed by atoms with Crippen molar-refractivity contribution >= 4 is 50.1 Å². The Morgan fingerprint density at radius 3 is 2.94 bits per heavy atom. The quantitative estimate of drug-likeness (QED) is 0.852. The molecule has 0 saturated carbocycles. The lowest BCUT2D eigenvalue weighted by Gasteiger charge is -2.09. The van der Waals surface area contributed by atoms with E-state index in [1.807, 2.05) is 18.2 Å². The van der Waals surface area contributed by atoms with Crippen LogP contribution in [0, 0.1) is 5.92 Å². The number of anilines is 1. The highest BCUT2D eigenvalue weighted by Gasteiger charge is 2.21. The minimum atomic E-state index is 0.417. The summed E-state index contributed by atoms with van der Waals surface area (Å²) in [7, 11) is 0. The summed E-state index contributed by atoms with van der Waals surface area (Å²) in [6, 6.07) is 6.19. The van der Waals surface area contributed by atoms with E-state index in [1.54, 1.807) is 11.8 Å². The molecule has 1 aromatic rings. The number of nitrogens with zero attached hydrogens (tertiary/aromatic N) is 1. The van der Waals surface area contributed by atoms with E-state index in [0.717, 1.165) is 21.1 Å². The molecule has 1 aliphatic rings. The van der Waals surface area contributed by atoms with Gasteiger partial charge in [0.15, 0.2) is 5.17 Å². The number of hydrogen-bond acceptors (Lipinski definition) is 3. The maximum absolute atomic E-state index is 6.04. The smallest absolute Gasteiger partial charge is 0.161 e. The molecule has 2 rings (SSSR count). The van der Waals surface area contributed by atoms with Gasteiger partial charge in [0.25, 0.3) is 0 Å². The van der Waals surface area contributed by atoms with E-state index in [0.29, 0.717) is 17.0 Å². The molecule has 1 aromatic carbocycles. The number of nitrogens with one attached hydrogen (secondary N) is 1. The highest BCUT2D eigenvalue weighted by Crippen LogP contribution is 2.32. The zero-order valence-corrected chi connectivity index (χ0v) is 12.9. The number of hydrogen-bond donors (Lipinski definition) is 1. The van der Waals surface area contributed by atoms with Crippen molar-refractivity contribution in [2.75, 3.05) is 11.1 Å². The second kappa shape index (κ2) is 5.63. The molecular weight excluding hydrogens is 320 g/mol. The van der Waals surface area contributed by atoms with E-state index in [2.05, 4.69) is 40.1 Å². The molecule has 2 nitrogen and oxygen atoms in total. The normalized spacial score (nSPS) is 19.6. The lowest BCUT2D eigenvalue weighted by molar-refractivity contribution is 0.543. The van der Waals surface area contributed by atoms with Crippen molar-refractivity contribution in [2.45, 2.75) is 19.9 Å². The maximum atomic E-state index is 6.04. The van der Waals surface area contributed by atoms with Crippen LogP contribution in [0.5, 0.6) is 0 Å². The predicted octanol–water partition coefficient (Wildman–Crippen LogP) is 4.64. The van der Waals surface area contributed by atoms with Gasteiger partial charge in [0.2, 0.25) is 0 Å². The Kier molecular flexibility index (Phi) is 4.39. The fourth-order valence-corrected chi connectivity index (χ4v) is 3.23. The van der Waals surface area contributed by atoms with Crippen LogP contribution in [0.25, 0.3) is 0 Å². The van der Waals surface area contributed by atoms with Gasteiger partial charge in [-0.2, -0.15) is 0 Å². The molecule has 1 aliphatic heterocycles. The van der Waals surface area contributed by atoms with E-state index in [1.165, 1.54) is 0 Å². The van der Waals surface area contributed by atoms with Crippen molar-refractivity contribution in [3.8, 4) is 0 Å². The van der Waals surface area contributed by atoms with Crippen LogP contribution >= 0.6 is 39.3 Å². The molecule has 1 N–H and O–H groups in total. The maximum Gasteiger partial charge on any atom is 0.161 e. The number of benzene rings is 1. The molecule has 5 heteroatoms. The summed E-state index contributed by atoms with van der Waals surface area (Å²) in [5, 5.41) is 5.00. The zero-order valence-electron chi connectivity index (χ0n) is 9.71. The van der Waals surface area contributed by atoms with Crippen molar-refractivity contribution in [2.24, 2.45) is 10.9 Å². The van der Waals surface area contributed by atoms with Gasteiger partial charge in [-0.1, -0.05) is 43.3 Å². The molecule has 0 saturated heterocycles. The fraction of sp³-hybridized carbons (Fsp3) is 0.417. The van der Waals surface area contributed by atoms with Crippen LogP contribution in [0.1, 0.15) is 13.8 Å². The summed E-state index contributed by atoms with van der Waals surface area (Å²) >= 11 is 11.3. The summed E-state index contributed by atoms with van der Waals surface area (Å²) in [6.07, 6.45) is 0. The molecule has 0 aromatic heterocycles. The minimum Gasteiger partial charge on any atom is -0.334 e. The molecule has 1 heterocycles. The Bertz CT molecular complexity index is 448. The van der Waals surface area contributed by atoms with Crippen molar-refractivity contribution in [1.82, 2.24) is 0 Å². The zero-order chi connectivity index (χ0) is 12.4. The molecule has 0 fully saturated rings. The summed E-state index contributed by atoms with van der Waals surface area (Å²) in [4.78, 5) is 4.66. The molecular formula is C12H14BrClN2S. The van der Waals surface area contributed by atoms with Gasteiger partial charge in [0, 0.05) is 5.75 Å². The lowest BCUT2D eigenvalue weighted by Crippen LogP contribution is -2.12. The summed E-state index contributed by atoms with van der Waals surface area (Å²) in [6.45, 7) is 4.40. The highest BCUT2D eigenvalue weighted by molar-refractivity contribution is 9.10. The molecule has 1 unspecified atom stereocenters. The Balaban J connectivity index is 2.12. The van der Waals surface area contributed by atoms with Gasteiger partial charge in [-0.3, -0.25) is 4.99 Å². The minimum absolute atomic E-state index is 0.417. The summed E-state index contributed by atoms with van der Waals surface area (Å²) in [5.74, 6) is 1.64. The fourth-order valence-electron chi connectivity index (χ4n) is 1.51. The van der Waals surface area contributed by atoms with Gasteiger partial charge in [-0.15, -0.1) is 0 Å².